The van der Waals surface area contributed by atoms with E-state index in [1.54, 1.807) is 0 Å². The van der Waals surface area contributed by atoms with Crippen molar-refractivity contribution in [2.75, 3.05) is 26.4 Å². The van der Waals surface area contributed by atoms with Crippen LogP contribution in [0.25, 0.3) is 0 Å². The maximum Gasteiger partial charge on any atom is 0.0704 e. The number of rotatable bonds is 8. The fraction of sp³-hybridized carbons (Fsp3) is 1.00. The zero-order chi connectivity index (χ0) is 10.1. The van der Waals surface area contributed by atoms with Crippen LogP contribution in [0.15, 0.2) is 0 Å². The quantitative estimate of drug-likeness (QED) is 0.586. The zero-order valence-electron chi connectivity index (χ0n) is 9.30. The van der Waals surface area contributed by atoms with Crippen LogP contribution in [-0.4, -0.2) is 38.5 Å². The van der Waals surface area contributed by atoms with Gasteiger partial charge in [0.05, 0.1) is 19.3 Å². The van der Waals surface area contributed by atoms with Gasteiger partial charge >= 0.3 is 0 Å². The monoisotopic (exact) mass is 189 g/mol. The molecule has 0 amide bonds. The summed E-state index contributed by atoms with van der Waals surface area (Å²) in [4.78, 5) is 0. The molecule has 80 valence electrons. The van der Waals surface area contributed by atoms with Crippen LogP contribution < -0.4 is 5.32 Å². The maximum absolute atomic E-state index is 5.51. The van der Waals surface area contributed by atoms with E-state index in [4.69, 9.17) is 9.47 Å². The molecule has 13 heavy (non-hydrogen) atoms. The molecular formula is C10H23NO2. The molecule has 0 aromatic rings. The molecule has 0 aliphatic rings. The third kappa shape index (κ3) is 9.80. The van der Waals surface area contributed by atoms with Crippen LogP contribution in [-0.2, 0) is 9.47 Å². The van der Waals surface area contributed by atoms with Crippen molar-refractivity contribution in [3.63, 3.8) is 0 Å². The first-order chi connectivity index (χ1) is 6.16. The highest BCUT2D eigenvalue weighted by Crippen LogP contribution is 1.90. The van der Waals surface area contributed by atoms with Gasteiger partial charge in [-0.25, -0.2) is 0 Å². The van der Waals surface area contributed by atoms with E-state index >= 15 is 0 Å². The second-order valence-electron chi connectivity index (χ2n) is 3.44. The maximum atomic E-state index is 5.51. The summed E-state index contributed by atoms with van der Waals surface area (Å²) in [7, 11) is 0. The lowest BCUT2D eigenvalue weighted by atomic mass is 10.3. The average molecular weight is 189 g/mol. The van der Waals surface area contributed by atoms with Crippen molar-refractivity contribution < 1.29 is 9.47 Å². The molecule has 0 aliphatic heterocycles. The number of hydrogen-bond acceptors (Lipinski definition) is 3. The highest BCUT2D eigenvalue weighted by Gasteiger charge is 2.01. The van der Waals surface area contributed by atoms with Crippen molar-refractivity contribution in [3.8, 4) is 0 Å². The molecule has 0 aromatic heterocycles. The lowest BCUT2D eigenvalue weighted by Gasteiger charge is -2.15. The Hall–Kier alpha value is -0.120. The van der Waals surface area contributed by atoms with E-state index in [0.717, 1.165) is 13.2 Å². The third-order valence-electron chi connectivity index (χ3n) is 1.65. The highest BCUT2D eigenvalue weighted by molar-refractivity contribution is 4.58. The van der Waals surface area contributed by atoms with E-state index in [1.807, 2.05) is 6.92 Å². The Balaban J connectivity index is 3.15. The summed E-state index contributed by atoms with van der Waals surface area (Å²) in [5, 5.41) is 3.32. The molecule has 0 saturated heterocycles. The highest BCUT2D eigenvalue weighted by atomic mass is 16.5. The van der Waals surface area contributed by atoms with Crippen molar-refractivity contribution in [2.24, 2.45) is 0 Å². The fourth-order valence-corrected chi connectivity index (χ4v) is 0.913. The van der Waals surface area contributed by atoms with Crippen molar-refractivity contribution >= 4 is 0 Å². The second-order valence-corrected chi connectivity index (χ2v) is 3.44. The van der Waals surface area contributed by atoms with Crippen molar-refractivity contribution in [1.82, 2.24) is 5.32 Å². The van der Waals surface area contributed by atoms with Gasteiger partial charge in [-0.3, -0.25) is 0 Å². The minimum absolute atomic E-state index is 0.267. The van der Waals surface area contributed by atoms with Gasteiger partial charge in [0.15, 0.2) is 0 Å². The summed E-state index contributed by atoms with van der Waals surface area (Å²) in [6.45, 7) is 11.4. The Kier molecular flexibility index (Phi) is 8.40. The lowest BCUT2D eigenvalue weighted by Crippen LogP contribution is -2.32. The SMILES string of the molecule is CCOCCOC(C)CNC(C)C. The fourth-order valence-electron chi connectivity index (χ4n) is 0.913. The molecule has 0 saturated carbocycles. The molecule has 0 radical (unpaired) electrons. The Morgan fingerprint density at radius 1 is 1.15 bits per heavy atom. The van der Waals surface area contributed by atoms with Gasteiger partial charge in [0.1, 0.15) is 0 Å². The summed E-state index contributed by atoms with van der Waals surface area (Å²) in [5.74, 6) is 0. The Bertz CT molecular complexity index is 107. The van der Waals surface area contributed by atoms with Crippen LogP contribution in [0.1, 0.15) is 27.7 Å². The van der Waals surface area contributed by atoms with Crippen molar-refractivity contribution in [3.05, 3.63) is 0 Å². The van der Waals surface area contributed by atoms with E-state index in [9.17, 15) is 0 Å². The van der Waals surface area contributed by atoms with Crippen LogP contribution in [0.3, 0.4) is 0 Å². The van der Waals surface area contributed by atoms with Crippen molar-refractivity contribution in [2.45, 2.75) is 39.8 Å². The summed E-state index contributed by atoms with van der Waals surface area (Å²) >= 11 is 0. The van der Waals surface area contributed by atoms with Crippen molar-refractivity contribution in [1.29, 1.82) is 0 Å². The summed E-state index contributed by atoms with van der Waals surface area (Å²) < 4.78 is 10.7. The lowest BCUT2D eigenvalue weighted by molar-refractivity contribution is 0.0152. The standard InChI is InChI=1S/C10H23NO2/c1-5-12-6-7-13-10(4)8-11-9(2)3/h9-11H,5-8H2,1-4H3. The molecule has 0 bridgehead atoms. The van der Waals surface area contributed by atoms with E-state index in [1.165, 1.54) is 0 Å². The van der Waals surface area contributed by atoms with Crippen LogP contribution in [0.4, 0.5) is 0 Å². The number of hydrogen-bond donors (Lipinski definition) is 1. The first-order valence-corrected chi connectivity index (χ1v) is 5.09. The predicted molar refractivity (Wildman–Crippen MR) is 55.0 cm³/mol. The molecule has 0 rings (SSSR count). The van der Waals surface area contributed by atoms with E-state index in [2.05, 4.69) is 26.1 Å². The van der Waals surface area contributed by atoms with Crippen LogP contribution in [0, 0.1) is 0 Å². The largest absolute Gasteiger partial charge is 0.379 e. The molecule has 0 fully saturated rings. The van der Waals surface area contributed by atoms with Gasteiger partial charge < -0.3 is 14.8 Å². The smallest absolute Gasteiger partial charge is 0.0704 e. The second kappa shape index (κ2) is 8.48. The Labute approximate surface area is 81.8 Å². The zero-order valence-corrected chi connectivity index (χ0v) is 9.30. The first-order valence-electron chi connectivity index (χ1n) is 5.09. The first kappa shape index (κ1) is 12.9. The van der Waals surface area contributed by atoms with Gasteiger partial charge in [-0.1, -0.05) is 13.8 Å². The van der Waals surface area contributed by atoms with Crippen LogP contribution >= 0.6 is 0 Å². The van der Waals surface area contributed by atoms with Gasteiger partial charge in [0.25, 0.3) is 0 Å². The van der Waals surface area contributed by atoms with Gasteiger partial charge in [0.2, 0.25) is 0 Å². The molecule has 1 N–H and O–H groups in total. The minimum atomic E-state index is 0.267. The molecule has 1 unspecified atom stereocenters. The number of nitrogens with one attached hydrogen (secondary N) is 1. The Morgan fingerprint density at radius 3 is 2.38 bits per heavy atom. The average Bonchev–Trinajstić information content (AvgIpc) is 2.09. The van der Waals surface area contributed by atoms with Gasteiger partial charge in [-0.15, -0.1) is 0 Å². The molecule has 3 nitrogen and oxygen atoms in total. The molecule has 0 aromatic carbocycles. The molecule has 0 heterocycles. The summed E-state index contributed by atoms with van der Waals surface area (Å²) in [6.07, 6.45) is 0.267. The minimum Gasteiger partial charge on any atom is -0.379 e. The topological polar surface area (TPSA) is 30.5 Å². The van der Waals surface area contributed by atoms with Gasteiger partial charge in [-0.2, -0.15) is 0 Å². The molecule has 0 spiro atoms. The van der Waals surface area contributed by atoms with E-state index in [0.29, 0.717) is 19.3 Å². The molecule has 0 aliphatic carbocycles. The Morgan fingerprint density at radius 2 is 1.85 bits per heavy atom. The predicted octanol–water partition coefficient (Wildman–Crippen LogP) is 1.43. The molecular weight excluding hydrogens is 166 g/mol. The van der Waals surface area contributed by atoms with E-state index < -0.39 is 0 Å². The van der Waals surface area contributed by atoms with Crippen LogP contribution in [0.5, 0.6) is 0 Å². The van der Waals surface area contributed by atoms with E-state index in [-0.39, 0.29) is 6.10 Å². The van der Waals surface area contributed by atoms with Gasteiger partial charge in [-0.05, 0) is 13.8 Å². The summed E-state index contributed by atoms with van der Waals surface area (Å²) in [5.41, 5.74) is 0. The molecule has 1 atom stereocenters. The van der Waals surface area contributed by atoms with Crippen LogP contribution in [0.2, 0.25) is 0 Å². The van der Waals surface area contributed by atoms with Gasteiger partial charge in [0, 0.05) is 19.2 Å². The third-order valence-corrected chi connectivity index (χ3v) is 1.65. The summed E-state index contributed by atoms with van der Waals surface area (Å²) in [6, 6.07) is 0.526. The molecule has 3 heteroatoms. The normalized spacial score (nSPS) is 13.6. The number of ether oxygens (including phenoxy) is 2.